The van der Waals surface area contributed by atoms with E-state index in [4.69, 9.17) is 4.98 Å². The van der Waals surface area contributed by atoms with E-state index in [2.05, 4.69) is 28.5 Å². The minimum Gasteiger partial charge on any atom is -0.353 e. The first-order chi connectivity index (χ1) is 16.6. The number of piperazine rings is 1. The number of aromatic nitrogens is 1. The van der Waals surface area contributed by atoms with Crippen molar-refractivity contribution in [1.29, 1.82) is 5.26 Å². The molecule has 4 fully saturated rings. The van der Waals surface area contributed by atoms with Gasteiger partial charge >= 0.3 is 6.03 Å². The van der Waals surface area contributed by atoms with E-state index in [9.17, 15) is 14.9 Å². The van der Waals surface area contributed by atoms with Crippen molar-refractivity contribution < 1.29 is 9.59 Å². The first kappa shape index (κ1) is 21.0. The maximum Gasteiger partial charge on any atom is 0.321 e. The van der Waals surface area contributed by atoms with E-state index in [1.54, 1.807) is 23.1 Å². The fourth-order valence-electron chi connectivity index (χ4n) is 5.08. The maximum absolute atomic E-state index is 13.3. The lowest BCUT2D eigenvalue weighted by Gasteiger charge is -2.36. The Bertz CT molecular complexity index is 1190. The molecule has 34 heavy (non-hydrogen) atoms. The number of nitrogens with one attached hydrogen (secondary N) is 1. The molecule has 0 radical (unpaired) electrons. The van der Waals surface area contributed by atoms with Crippen molar-refractivity contribution in [2.75, 3.05) is 49.1 Å². The topological polar surface area (TPSA) is 92.6 Å². The fourth-order valence-corrected chi connectivity index (χ4v) is 5.08. The highest BCUT2D eigenvalue weighted by atomic mass is 16.2. The van der Waals surface area contributed by atoms with Gasteiger partial charge in [0.1, 0.15) is 11.9 Å². The summed E-state index contributed by atoms with van der Waals surface area (Å²) in [5.74, 6) is 2.29. The van der Waals surface area contributed by atoms with E-state index < -0.39 is 0 Å². The minimum absolute atomic E-state index is 0.131. The number of benzene rings is 1. The molecule has 8 heteroatoms. The second-order valence-electron chi connectivity index (χ2n) is 9.73. The highest BCUT2D eigenvalue weighted by molar-refractivity contribution is 5.99. The first-order valence-corrected chi connectivity index (χ1v) is 12.3. The van der Waals surface area contributed by atoms with Crippen molar-refractivity contribution in [1.82, 2.24) is 15.2 Å². The van der Waals surface area contributed by atoms with Gasteiger partial charge in [0.2, 0.25) is 0 Å². The molecule has 8 nitrogen and oxygen atoms in total. The second kappa shape index (κ2) is 8.32. The Morgan fingerprint density at radius 3 is 2.44 bits per heavy atom. The molecule has 2 aliphatic carbocycles. The third kappa shape index (κ3) is 3.85. The van der Waals surface area contributed by atoms with Crippen LogP contribution in [0.3, 0.4) is 0 Å². The summed E-state index contributed by atoms with van der Waals surface area (Å²) in [7, 11) is 0. The molecule has 4 aliphatic rings. The van der Waals surface area contributed by atoms with E-state index in [0.717, 1.165) is 18.9 Å². The molecule has 1 N–H and O–H groups in total. The lowest BCUT2D eigenvalue weighted by Crippen LogP contribution is -2.49. The van der Waals surface area contributed by atoms with Crippen LogP contribution < -0.4 is 15.1 Å². The zero-order chi connectivity index (χ0) is 23.2. The van der Waals surface area contributed by atoms with E-state index >= 15 is 0 Å². The number of urea groups is 1. The lowest BCUT2D eigenvalue weighted by atomic mass is 10.0. The Morgan fingerprint density at radius 2 is 1.79 bits per heavy atom. The van der Waals surface area contributed by atoms with Crippen LogP contribution >= 0.6 is 0 Å². The van der Waals surface area contributed by atoms with Gasteiger partial charge in [-0.15, -0.1) is 0 Å². The van der Waals surface area contributed by atoms with Crippen molar-refractivity contribution in [2.24, 2.45) is 0 Å². The van der Waals surface area contributed by atoms with E-state index in [-0.39, 0.29) is 11.9 Å². The molecular formula is C26H28N6O2. The van der Waals surface area contributed by atoms with Gasteiger partial charge in [0.15, 0.2) is 0 Å². The molecule has 6 rings (SSSR count). The van der Waals surface area contributed by atoms with Gasteiger partial charge < -0.3 is 15.1 Å². The summed E-state index contributed by atoms with van der Waals surface area (Å²) in [5.41, 5.74) is 4.11. The normalized spacial score (nSPS) is 20.3. The highest BCUT2D eigenvalue weighted by Crippen LogP contribution is 2.47. The molecule has 3 amide bonds. The number of anilines is 2. The number of nitriles is 1. The Morgan fingerprint density at radius 1 is 1.03 bits per heavy atom. The molecule has 0 spiro atoms. The van der Waals surface area contributed by atoms with Crippen LogP contribution in [0.2, 0.25) is 0 Å². The van der Waals surface area contributed by atoms with E-state index in [1.807, 2.05) is 4.90 Å². The Hall–Kier alpha value is -3.60. The van der Waals surface area contributed by atoms with Crippen LogP contribution in [0.1, 0.15) is 64.6 Å². The Kier molecular flexibility index (Phi) is 5.13. The Balaban J connectivity index is 1.16. The number of nitrogens with zero attached hydrogens (tertiary/aromatic N) is 5. The van der Waals surface area contributed by atoms with Gasteiger partial charge in [-0.05, 0) is 66.8 Å². The number of hydrogen-bond donors (Lipinski definition) is 1. The highest BCUT2D eigenvalue weighted by Gasteiger charge is 2.33. The zero-order valence-corrected chi connectivity index (χ0v) is 19.2. The van der Waals surface area contributed by atoms with E-state index in [0.29, 0.717) is 54.8 Å². The SMILES string of the molecule is N#Cc1cc(N2CCNC2=O)ccc1C(=O)N1CCN(c2ncc(C3CC3)cc2C2CC2)CC1. The average Bonchev–Trinajstić information content (AvgIpc) is 3.81. The Labute approximate surface area is 199 Å². The summed E-state index contributed by atoms with van der Waals surface area (Å²) in [4.78, 5) is 35.8. The van der Waals surface area contributed by atoms with Crippen LogP contribution in [-0.2, 0) is 0 Å². The van der Waals surface area contributed by atoms with Gasteiger partial charge in [-0.1, -0.05) is 6.07 Å². The molecule has 2 aliphatic heterocycles. The van der Waals surface area contributed by atoms with Crippen molar-refractivity contribution in [2.45, 2.75) is 37.5 Å². The number of rotatable bonds is 5. The third-order valence-electron chi connectivity index (χ3n) is 7.37. The van der Waals surface area contributed by atoms with Gasteiger partial charge in [0.25, 0.3) is 5.91 Å². The summed E-state index contributed by atoms with van der Waals surface area (Å²) in [6.45, 7) is 3.78. The van der Waals surface area contributed by atoms with Crippen molar-refractivity contribution in [3.63, 3.8) is 0 Å². The van der Waals surface area contributed by atoms with Crippen LogP contribution in [0.4, 0.5) is 16.3 Å². The summed E-state index contributed by atoms with van der Waals surface area (Å²) < 4.78 is 0. The van der Waals surface area contributed by atoms with Gasteiger partial charge in [0, 0.05) is 51.2 Å². The quantitative estimate of drug-likeness (QED) is 0.746. The first-order valence-electron chi connectivity index (χ1n) is 12.3. The zero-order valence-electron chi connectivity index (χ0n) is 19.2. The molecule has 174 valence electrons. The number of carbonyl (C=O) groups excluding carboxylic acids is 2. The summed E-state index contributed by atoms with van der Waals surface area (Å²) in [6, 6.07) is 9.43. The largest absolute Gasteiger partial charge is 0.353 e. The van der Waals surface area contributed by atoms with Crippen molar-refractivity contribution >= 4 is 23.4 Å². The maximum atomic E-state index is 13.3. The summed E-state index contributed by atoms with van der Waals surface area (Å²) >= 11 is 0. The molecule has 2 saturated heterocycles. The van der Waals surface area contributed by atoms with Gasteiger partial charge in [-0.2, -0.15) is 5.26 Å². The predicted octanol–water partition coefficient (Wildman–Crippen LogP) is 3.20. The molecular weight excluding hydrogens is 428 g/mol. The minimum atomic E-state index is -0.177. The monoisotopic (exact) mass is 456 g/mol. The number of hydrogen-bond acceptors (Lipinski definition) is 5. The van der Waals surface area contributed by atoms with Gasteiger partial charge in [0.05, 0.1) is 11.1 Å². The summed E-state index contributed by atoms with van der Waals surface area (Å²) in [6.07, 6.45) is 7.10. The smallest absolute Gasteiger partial charge is 0.321 e. The van der Waals surface area contributed by atoms with Crippen LogP contribution in [0.25, 0.3) is 0 Å². The summed E-state index contributed by atoms with van der Waals surface area (Å²) in [5, 5.41) is 12.4. The van der Waals surface area contributed by atoms with Gasteiger partial charge in [-0.25, -0.2) is 9.78 Å². The lowest BCUT2D eigenvalue weighted by molar-refractivity contribution is 0.0746. The number of pyridine rings is 1. The fraction of sp³-hybridized carbons (Fsp3) is 0.462. The molecule has 0 atom stereocenters. The average molecular weight is 457 g/mol. The van der Waals surface area contributed by atoms with E-state index in [1.165, 1.54) is 36.8 Å². The number of carbonyl (C=O) groups is 2. The van der Waals surface area contributed by atoms with Crippen molar-refractivity contribution in [3.05, 3.63) is 52.7 Å². The van der Waals surface area contributed by atoms with Gasteiger partial charge in [-0.3, -0.25) is 9.69 Å². The second-order valence-corrected chi connectivity index (χ2v) is 9.73. The molecule has 3 heterocycles. The molecule has 2 aromatic rings. The molecule has 1 aromatic heterocycles. The molecule has 0 unspecified atom stereocenters. The van der Waals surface area contributed by atoms with Crippen LogP contribution in [0.15, 0.2) is 30.5 Å². The predicted molar refractivity (Wildman–Crippen MR) is 128 cm³/mol. The van der Waals surface area contributed by atoms with Crippen LogP contribution in [0, 0.1) is 11.3 Å². The van der Waals surface area contributed by atoms with Crippen LogP contribution in [0.5, 0.6) is 0 Å². The van der Waals surface area contributed by atoms with Crippen LogP contribution in [-0.4, -0.2) is 61.1 Å². The number of amides is 3. The third-order valence-corrected chi connectivity index (χ3v) is 7.37. The van der Waals surface area contributed by atoms with Crippen molar-refractivity contribution in [3.8, 4) is 6.07 Å². The molecule has 0 bridgehead atoms. The standard InChI is InChI=1S/C26H28N6O2/c27-15-19-13-21(32-8-7-28-26(32)34)5-6-22(19)25(33)31-11-9-30(10-12-31)24-23(18-3-4-18)14-20(16-29-24)17-1-2-17/h5-6,13-14,16-18H,1-4,7-12H2,(H,28,34). The molecule has 2 saturated carbocycles. The molecule has 1 aromatic carbocycles.